The van der Waals surface area contributed by atoms with Crippen molar-refractivity contribution in [1.82, 2.24) is 14.8 Å². The van der Waals surface area contributed by atoms with Gasteiger partial charge in [0.2, 0.25) is 0 Å². The van der Waals surface area contributed by atoms with Gasteiger partial charge in [-0.3, -0.25) is 9.36 Å². The van der Waals surface area contributed by atoms with Gasteiger partial charge in [0.25, 0.3) is 0 Å². The Morgan fingerprint density at radius 3 is 2.96 bits per heavy atom. The minimum Gasteiger partial charge on any atom is -0.496 e. The highest BCUT2D eigenvalue weighted by Gasteiger charge is 2.26. The number of ether oxygens (including phenoxy) is 1. The van der Waals surface area contributed by atoms with Crippen molar-refractivity contribution in [3.63, 3.8) is 0 Å². The SMILES string of the molecule is C=CCn1c(S[C@@H]2CCCCC2=O)nnc1-c1ccccc1OC. The van der Waals surface area contributed by atoms with Gasteiger partial charge < -0.3 is 4.74 Å². The Balaban J connectivity index is 1.95. The first kappa shape index (κ1) is 16.8. The minimum absolute atomic E-state index is 0.0166. The number of nitrogens with zero attached hydrogens (tertiary/aromatic N) is 3. The fourth-order valence-electron chi connectivity index (χ4n) is 2.90. The Morgan fingerprint density at radius 1 is 1.38 bits per heavy atom. The largest absolute Gasteiger partial charge is 0.496 e. The Bertz CT molecular complexity index is 742. The van der Waals surface area contributed by atoms with Crippen LogP contribution in [0.25, 0.3) is 11.4 Å². The van der Waals surface area contributed by atoms with E-state index in [4.69, 9.17) is 4.74 Å². The second-order valence-electron chi connectivity index (χ2n) is 5.72. The molecule has 126 valence electrons. The first-order valence-electron chi connectivity index (χ1n) is 8.11. The monoisotopic (exact) mass is 343 g/mol. The molecule has 1 aromatic heterocycles. The first-order valence-corrected chi connectivity index (χ1v) is 8.99. The molecule has 6 heteroatoms. The Labute approximate surface area is 146 Å². The van der Waals surface area contributed by atoms with Gasteiger partial charge in [0.1, 0.15) is 11.5 Å². The van der Waals surface area contributed by atoms with Crippen LogP contribution in [-0.4, -0.2) is 32.9 Å². The van der Waals surface area contributed by atoms with Gasteiger partial charge in [-0.1, -0.05) is 36.4 Å². The maximum Gasteiger partial charge on any atom is 0.192 e. The highest BCUT2D eigenvalue weighted by molar-refractivity contribution is 8.00. The van der Waals surface area contributed by atoms with Crippen LogP contribution in [0.15, 0.2) is 42.1 Å². The van der Waals surface area contributed by atoms with Crippen molar-refractivity contribution in [2.24, 2.45) is 0 Å². The van der Waals surface area contributed by atoms with Crippen molar-refractivity contribution in [3.05, 3.63) is 36.9 Å². The predicted octanol–water partition coefficient (Wildman–Crippen LogP) is 3.74. The molecule has 0 bridgehead atoms. The van der Waals surface area contributed by atoms with E-state index in [0.29, 0.717) is 18.7 Å². The van der Waals surface area contributed by atoms with Crippen LogP contribution in [0.5, 0.6) is 5.75 Å². The van der Waals surface area contributed by atoms with Crippen molar-refractivity contribution in [1.29, 1.82) is 0 Å². The van der Waals surface area contributed by atoms with Gasteiger partial charge in [0.05, 0.1) is 17.9 Å². The minimum atomic E-state index is -0.0166. The van der Waals surface area contributed by atoms with Crippen LogP contribution >= 0.6 is 11.8 Å². The summed E-state index contributed by atoms with van der Waals surface area (Å²) >= 11 is 1.52. The average Bonchev–Trinajstić information content (AvgIpc) is 3.00. The number of hydrogen-bond donors (Lipinski definition) is 0. The van der Waals surface area contributed by atoms with E-state index in [1.807, 2.05) is 34.9 Å². The summed E-state index contributed by atoms with van der Waals surface area (Å²) < 4.78 is 7.44. The van der Waals surface area contributed by atoms with Crippen molar-refractivity contribution < 1.29 is 9.53 Å². The van der Waals surface area contributed by atoms with E-state index in [-0.39, 0.29) is 5.25 Å². The van der Waals surface area contributed by atoms with Crippen molar-refractivity contribution >= 4 is 17.5 Å². The lowest BCUT2D eigenvalue weighted by Crippen LogP contribution is -2.21. The molecule has 0 amide bonds. The molecular weight excluding hydrogens is 322 g/mol. The Kier molecular flexibility index (Phi) is 5.35. The van der Waals surface area contributed by atoms with Crippen molar-refractivity contribution in [3.8, 4) is 17.1 Å². The smallest absolute Gasteiger partial charge is 0.192 e. The van der Waals surface area contributed by atoms with Gasteiger partial charge in [-0.2, -0.15) is 0 Å². The number of ketones is 1. The van der Waals surface area contributed by atoms with Crippen LogP contribution < -0.4 is 4.74 Å². The third kappa shape index (κ3) is 3.38. The molecule has 0 radical (unpaired) electrons. The number of hydrogen-bond acceptors (Lipinski definition) is 5. The summed E-state index contributed by atoms with van der Waals surface area (Å²) in [7, 11) is 1.64. The topological polar surface area (TPSA) is 57.0 Å². The van der Waals surface area contributed by atoms with Gasteiger partial charge in [-0.05, 0) is 25.0 Å². The van der Waals surface area contributed by atoms with E-state index in [0.717, 1.165) is 41.6 Å². The normalized spacial score (nSPS) is 17.7. The van der Waals surface area contributed by atoms with Gasteiger partial charge in [0.15, 0.2) is 11.0 Å². The Morgan fingerprint density at radius 2 is 2.21 bits per heavy atom. The van der Waals surface area contributed by atoms with E-state index in [1.54, 1.807) is 7.11 Å². The molecule has 1 saturated carbocycles. The molecule has 5 nitrogen and oxygen atoms in total. The van der Waals surface area contributed by atoms with Crippen LogP contribution in [-0.2, 0) is 11.3 Å². The quantitative estimate of drug-likeness (QED) is 0.748. The highest BCUT2D eigenvalue weighted by Crippen LogP contribution is 2.34. The number of thioether (sulfide) groups is 1. The zero-order valence-corrected chi connectivity index (χ0v) is 14.6. The molecule has 1 atom stereocenters. The molecule has 1 heterocycles. The van der Waals surface area contributed by atoms with Crippen LogP contribution in [0.4, 0.5) is 0 Å². The summed E-state index contributed by atoms with van der Waals surface area (Å²) in [5, 5.41) is 9.44. The maximum absolute atomic E-state index is 12.1. The summed E-state index contributed by atoms with van der Waals surface area (Å²) in [5.74, 6) is 1.80. The number of rotatable bonds is 6. The van der Waals surface area contributed by atoms with E-state index in [1.165, 1.54) is 11.8 Å². The zero-order valence-electron chi connectivity index (χ0n) is 13.8. The average molecular weight is 343 g/mol. The number of para-hydroxylation sites is 1. The van der Waals surface area contributed by atoms with E-state index in [9.17, 15) is 4.79 Å². The molecule has 1 aliphatic carbocycles. The van der Waals surface area contributed by atoms with Crippen LogP contribution in [0.2, 0.25) is 0 Å². The number of carbonyl (C=O) groups is 1. The van der Waals surface area contributed by atoms with Gasteiger partial charge in [-0.15, -0.1) is 16.8 Å². The van der Waals surface area contributed by atoms with Crippen molar-refractivity contribution in [2.45, 2.75) is 42.6 Å². The summed E-state index contributed by atoms with van der Waals surface area (Å²) in [4.78, 5) is 12.1. The molecule has 0 spiro atoms. The third-order valence-corrected chi connectivity index (χ3v) is 5.42. The number of allylic oxidation sites excluding steroid dienone is 1. The van der Waals surface area contributed by atoms with E-state index >= 15 is 0 Å². The molecule has 24 heavy (non-hydrogen) atoms. The fraction of sp³-hybridized carbons (Fsp3) is 0.389. The van der Waals surface area contributed by atoms with Crippen LogP contribution in [0, 0.1) is 0 Å². The summed E-state index contributed by atoms with van der Waals surface area (Å²) in [5.41, 5.74) is 0.885. The number of aromatic nitrogens is 3. The number of benzene rings is 1. The maximum atomic E-state index is 12.1. The summed E-state index contributed by atoms with van der Waals surface area (Å²) in [6, 6.07) is 7.73. The molecule has 0 unspecified atom stereocenters. The van der Waals surface area contributed by atoms with Crippen LogP contribution in [0.3, 0.4) is 0 Å². The van der Waals surface area contributed by atoms with Crippen LogP contribution in [0.1, 0.15) is 25.7 Å². The molecule has 0 saturated heterocycles. The van der Waals surface area contributed by atoms with Crippen molar-refractivity contribution in [2.75, 3.05) is 7.11 Å². The lowest BCUT2D eigenvalue weighted by atomic mass is 9.99. The number of carbonyl (C=O) groups excluding carboxylic acids is 1. The van der Waals surface area contributed by atoms with E-state index in [2.05, 4.69) is 16.8 Å². The fourth-order valence-corrected chi connectivity index (χ4v) is 4.07. The lowest BCUT2D eigenvalue weighted by molar-refractivity contribution is -0.119. The lowest BCUT2D eigenvalue weighted by Gasteiger charge is -2.19. The van der Waals surface area contributed by atoms with Gasteiger partial charge in [0, 0.05) is 13.0 Å². The Hall–Kier alpha value is -2.08. The molecule has 3 rings (SSSR count). The molecule has 1 aliphatic rings. The second kappa shape index (κ2) is 7.66. The van der Waals surface area contributed by atoms with Gasteiger partial charge in [-0.25, -0.2) is 0 Å². The summed E-state index contributed by atoms with van der Waals surface area (Å²) in [6.45, 7) is 4.42. The highest BCUT2D eigenvalue weighted by atomic mass is 32.2. The third-order valence-electron chi connectivity index (χ3n) is 4.12. The second-order valence-corrected chi connectivity index (χ2v) is 6.89. The zero-order chi connectivity index (χ0) is 16.9. The number of methoxy groups -OCH3 is 1. The molecule has 1 aromatic carbocycles. The first-order chi connectivity index (χ1) is 11.7. The molecule has 1 fully saturated rings. The van der Waals surface area contributed by atoms with Gasteiger partial charge >= 0.3 is 0 Å². The molecular formula is C18H21N3O2S. The predicted molar refractivity (Wildman–Crippen MR) is 95.3 cm³/mol. The number of Topliss-reactive ketones (excluding diaryl/α,β-unsaturated/α-hetero) is 1. The summed E-state index contributed by atoms with van der Waals surface area (Å²) in [6.07, 6.45) is 5.50. The molecule has 0 aliphatic heterocycles. The van der Waals surface area contributed by atoms with E-state index < -0.39 is 0 Å². The molecule has 0 N–H and O–H groups in total. The molecule has 2 aromatic rings. The standard InChI is InChI=1S/C18H21N3O2S/c1-3-12-21-17(13-8-4-6-10-15(13)23-2)19-20-18(21)24-16-11-7-5-9-14(16)22/h3-4,6,8,10,16H,1,5,7,9,11-12H2,2H3/t16-/m1/s1.